The summed E-state index contributed by atoms with van der Waals surface area (Å²) in [6, 6.07) is 11.4. The van der Waals surface area contributed by atoms with Gasteiger partial charge in [0.25, 0.3) is 0 Å². The van der Waals surface area contributed by atoms with Crippen molar-refractivity contribution in [1.82, 2.24) is 9.88 Å². The zero-order chi connectivity index (χ0) is 29.7. The van der Waals surface area contributed by atoms with Gasteiger partial charge < -0.3 is 28.7 Å². The van der Waals surface area contributed by atoms with Crippen LogP contribution in [-0.4, -0.2) is 62.0 Å². The van der Waals surface area contributed by atoms with Gasteiger partial charge in [0.2, 0.25) is 5.75 Å². The Kier molecular flexibility index (Phi) is 9.20. The maximum atomic E-state index is 14.3. The first-order valence-corrected chi connectivity index (χ1v) is 13.5. The number of amides is 1. The molecule has 0 unspecified atom stereocenters. The summed E-state index contributed by atoms with van der Waals surface area (Å²) >= 11 is 0. The lowest BCUT2D eigenvalue weighted by atomic mass is 10.0. The Morgan fingerprint density at radius 1 is 0.951 bits per heavy atom. The zero-order valence-electron chi connectivity index (χ0n) is 24.4. The topological polar surface area (TPSA) is 73.4 Å². The normalized spacial score (nSPS) is 14.0. The standard InChI is InChI=1S/C31H37F2N3O5/c1-31(2,3)41-30(37)35-13-10-22(11-14-35)36(23-7-8-24(32)25(33)18-23)19-20-9-12-34-26(15-20)21-16-27(38-4)29(40-6)28(17-21)39-5/h7-9,12,15-18,22H,10-11,13-14,19H2,1-6H3. The lowest BCUT2D eigenvalue weighted by molar-refractivity contribution is 0.0204. The molecule has 0 bridgehead atoms. The highest BCUT2D eigenvalue weighted by molar-refractivity contribution is 5.69. The van der Waals surface area contributed by atoms with Gasteiger partial charge in [-0.15, -0.1) is 0 Å². The Morgan fingerprint density at radius 2 is 1.61 bits per heavy atom. The quantitative estimate of drug-likeness (QED) is 0.308. The molecule has 1 aliphatic heterocycles. The number of methoxy groups -OCH3 is 3. The lowest BCUT2D eigenvalue weighted by Gasteiger charge is -2.40. The fourth-order valence-corrected chi connectivity index (χ4v) is 4.94. The number of likely N-dealkylation sites (tertiary alicyclic amines) is 1. The van der Waals surface area contributed by atoms with Crippen LogP contribution in [0.4, 0.5) is 19.3 Å². The van der Waals surface area contributed by atoms with Crippen molar-refractivity contribution in [2.75, 3.05) is 39.3 Å². The van der Waals surface area contributed by atoms with E-state index in [1.165, 1.54) is 6.07 Å². The highest BCUT2D eigenvalue weighted by atomic mass is 19.2. The summed E-state index contributed by atoms with van der Waals surface area (Å²) in [4.78, 5) is 20.9. The molecule has 3 aromatic rings. The molecule has 8 nitrogen and oxygen atoms in total. The van der Waals surface area contributed by atoms with Gasteiger partial charge in [0, 0.05) is 49.2 Å². The maximum absolute atomic E-state index is 14.3. The number of halogens is 2. The first-order chi connectivity index (χ1) is 19.5. The molecule has 1 fully saturated rings. The molecular formula is C31H37F2N3O5. The molecule has 0 atom stereocenters. The molecule has 220 valence electrons. The minimum absolute atomic E-state index is 0.0173. The van der Waals surface area contributed by atoms with Crippen molar-refractivity contribution in [3.8, 4) is 28.5 Å². The van der Waals surface area contributed by atoms with E-state index in [1.54, 1.807) is 38.5 Å². The van der Waals surface area contributed by atoms with E-state index in [4.69, 9.17) is 18.9 Å². The maximum Gasteiger partial charge on any atom is 0.410 e. The summed E-state index contributed by atoms with van der Waals surface area (Å²) < 4.78 is 50.2. The van der Waals surface area contributed by atoms with E-state index in [-0.39, 0.29) is 12.1 Å². The fraction of sp³-hybridized carbons (Fsp3) is 0.419. The number of ether oxygens (including phenoxy) is 4. The van der Waals surface area contributed by atoms with Crippen molar-refractivity contribution >= 4 is 11.8 Å². The summed E-state index contributed by atoms with van der Waals surface area (Å²) in [5, 5.41) is 0. The lowest BCUT2D eigenvalue weighted by Crippen LogP contribution is -2.48. The average molecular weight is 570 g/mol. The van der Waals surface area contributed by atoms with Crippen LogP contribution in [0.3, 0.4) is 0 Å². The van der Waals surface area contributed by atoms with Crippen LogP contribution in [0.5, 0.6) is 17.2 Å². The second-order valence-electron chi connectivity index (χ2n) is 10.9. The van der Waals surface area contributed by atoms with Gasteiger partial charge in [0.05, 0.1) is 27.0 Å². The molecule has 0 saturated carbocycles. The Bertz CT molecular complexity index is 1350. The number of aromatic nitrogens is 1. The van der Waals surface area contributed by atoms with Gasteiger partial charge in [-0.05, 0) is 75.6 Å². The number of carbonyl (C=O) groups excluding carboxylic acids is 1. The summed E-state index contributed by atoms with van der Waals surface area (Å²) in [6.07, 6.45) is 2.65. The number of hydrogen-bond acceptors (Lipinski definition) is 7. The third-order valence-electron chi connectivity index (χ3n) is 6.93. The number of hydrogen-bond donors (Lipinski definition) is 0. The number of carbonyl (C=O) groups is 1. The second kappa shape index (κ2) is 12.6. The van der Waals surface area contributed by atoms with Crippen molar-refractivity contribution < 1.29 is 32.5 Å². The SMILES string of the molecule is COc1cc(-c2cc(CN(c3ccc(F)c(F)c3)C3CCN(C(=O)OC(C)(C)C)CC3)ccn2)cc(OC)c1OC. The third kappa shape index (κ3) is 7.17. The molecule has 1 aromatic heterocycles. The fourth-order valence-electron chi connectivity index (χ4n) is 4.94. The second-order valence-corrected chi connectivity index (χ2v) is 10.9. The van der Waals surface area contributed by atoms with Crippen molar-refractivity contribution in [3.63, 3.8) is 0 Å². The highest BCUT2D eigenvalue weighted by Crippen LogP contribution is 2.41. The highest BCUT2D eigenvalue weighted by Gasteiger charge is 2.30. The smallest absolute Gasteiger partial charge is 0.410 e. The Hall–Kier alpha value is -4.08. The molecular weight excluding hydrogens is 532 g/mol. The van der Waals surface area contributed by atoms with Crippen molar-refractivity contribution in [3.05, 3.63) is 65.9 Å². The number of anilines is 1. The third-order valence-corrected chi connectivity index (χ3v) is 6.93. The largest absolute Gasteiger partial charge is 0.493 e. The molecule has 1 amide bonds. The molecule has 4 rings (SSSR count). The van der Waals surface area contributed by atoms with Gasteiger partial charge in [-0.25, -0.2) is 13.6 Å². The molecule has 2 aromatic carbocycles. The van der Waals surface area contributed by atoms with Crippen LogP contribution in [0.15, 0.2) is 48.7 Å². The first kappa shape index (κ1) is 29.9. The molecule has 1 saturated heterocycles. The van der Waals surface area contributed by atoms with Gasteiger partial charge in [0.15, 0.2) is 23.1 Å². The van der Waals surface area contributed by atoms with E-state index in [0.717, 1.165) is 17.2 Å². The summed E-state index contributed by atoms with van der Waals surface area (Å²) in [5.41, 5.74) is 2.36. The van der Waals surface area contributed by atoms with E-state index in [9.17, 15) is 13.6 Å². The number of nitrogens with zero attached hydrogens (tertiary/aromatic N) is 3. The Labute approximate surface area is 239 Å². The first-order valence-electron chi connectivity index (χ1n) is 13.5. The Balaban J connectivity index is 1.61. The van der Waals surface area contributed by atoms with Crippen LogP contribution in [0.2, 0.25) is 0 Å². The molecule has 1 aliphatic rings. The van der Waals surface area contributed by atoms with Crippen molar-refractivity contribution in [2.24, 2.45) is 0 Å². The van der Waals surface area contributed by atoms with E-state index >= 15 is 0 Å². The monoisotopic (exact) mass is 569 g/mol. The predicted octanol–water partition coefficient (Wildman–Crippen LogP) is 6.46. The van der Waals surface area contributed by atoms with Crippen LogP contribution >= 0.6 is 0 Å². The molecule has 0 aliphatic carbocycles. The van der Waals surface area contributed by atoms with Gasteiger partial charge in [-0.2, -0.15) is 0 Å². The van der Waals surface area contributed by atoms with Crippen molar-refractivity contribution in [1.29, 1.82) is 0 Å². The summed E-state index contributed by atoms with van der Waals surface area (Å²) in [7, 11) is 4.65. The van der Waals surface area contributed by atoms with Gasteiger partial charge in [-0.3, -0.25) is 4.98 Å². The molecule has 41 heavy (non-hydrogen) atoms. The van der Waals surface area contributed by atoms with Crippen LogP contribution in [0.1, 0.15) is 39.2 Å². The van der Waals surface area contributed by atoms with Gasteiger partial charge >= 0.3 is 6.09 Å². The van der Waals surface area contributed by atoms with Gasteiger partial charge in [-0.1, -0.05) is 0 Å². The average Bonchev–Trinajstić information content (AvgIpc) is 2.96. The van der Waals surface area contributed by atoms with E-state index in [1.807, 2.05) is 45.0 Å². The number of rotatable bonds is 8. The van der Waals surface area contributed by atoms with E-state index in [2.05, 4.69) is 9.88 Å². The van der Waals surface area contributed by atoms with E-state index in [0.29, 0.717) is 61.1 Å². The molecule has 0 radical (unpaired) electrons. The number of pyridine rings is 1. The van der Waals surface area contributed by atoms with Crippen molar-refractivity contribution in [2.45, 2.75) is 51.8 Å². The Morgan fingerprint density at radius 3 is 2.17 bits per heavy atom. The molecule has 0 spiro atoms. The number of piperidine rings is 1. The van der Waals surface area contributed by atoms with Crippen LogP contribution in [0.25, 0.3) is 11.3 Å². The molecule has 0 N–H and O–H groups in total. The molecule has 10 heteroatoms. The van der Waals surface area contributed by atoms with Gasteiger partial charge in [0.1, 0.15) is 5.60 Å². The minimum Gasteiger partial charge on any atom is -0.493 e. The van der Waals surface area contributed by atoms with Crippen LogP contribution in [-0.2, 0) is 11.3 Å². The predicted molar refractivity (Wildman–Crippen MR) is 153 cm³/mol. The summed E-state index contributed by atoms with van der Waals surface area (Å²) in [6.45, 7) is 6.92. The minimum atomic E-state index is -0.911. The molecule has 2 heterocycles. The van der Waals surface area contributed by atoms with Crippen LogP contribution in [0, 0.1) is 11.6 Å². The van der Waals surface area contributed by atoms with Crippen LogP contribution < -0.4 is 19.1 Å². The van der Waals surface area contributed by atoms with E-state index < -0.39 is 17.2 Å². The number of benzene rings is 2. The zero-order valence-corrected chi connectivity index (χ0v) is 24.4. The summed E-state index contributed by atoms with van der Waals surface area (Å²) in [5.74, 6) is -0.311.